The predicted molar refractivity (Wildman–Crippen MR) is 70.4 cm³/mol. The van der Waals surface area contributed by atoms with E-state index in [-0.39, 0.29) is 11.2 Å². The van der Waals surface area contributed by atoms with Crippen LogP contribution in [0.3, 0.4) is 0 Å². The molecule has 1 aromatic heterocycles. The molecule has 0 aliphatic heterocycles. The van der Waals surface area contributed by atoms with Crippen LogP contribution in [0.1, 0.15) is 6.92 Å². The predicted octanol–water partition coefficient (Wildman–Crippen LogP) is 2.51. The molecular formula is C11H14N2OS2. The van der Waals surface area contributed by atoms with Crippen LogP contribution in [0.25, 0.3) is 0 Å². The van der Waals surface area contributed by atoms with Gasteiger partial charge in [-0.15, -0.1) is 6.58 Å². The van der Waals surface area contributed by atoms with Crippen LogP contribution in [0.4, 0.5) is 0 Å². The van der Waals surface area contributed by atoms with Gasteiger partial charge < -0.3 is 5.32 Å². The van der Waals surface area contributed by atoms with E-state index in [2.05, 4.69) is 16.9 Å². The quantitative estimate of drug-likeness (QED) is 0.625. The molecule has 1 aromatic rings. The number of aromatic nitrogens is 1. The Labute approximate surface area is 104 Å². The second-order valence-corrected chi connectivity index (χ2v) is 5.52. The molecule has 1 rings (SSSR count). The van der Waals surface area contributed by atoms with Gasteiger partial charge in [-0.25, -0.2) is 4.98 Å². The fourth-order valence-electron chi connectivity index (χ4n) is 0.908. The van der Waals surface area contributed by atoms with E-state index in [1.54, 1.807) is 27.8 Å². The third kappa shape index (κ3) is 5.23. The summed E-state index contributed by atoms with van der Waals surface area (Å²) in [6, 6.07) is 5.79. The van der Waals surface area contributed by atoms with Gasteiger partial charge in [-0.1, -0.05) is 22.9 Å². The third-order valence-corrected chi connectivity index (χ3v) is 4.37. The molecule has 16 heavy (non-hydrogen) atoms. The molecule has 0 saturated carbocycles. The largest absolute Gasteiger partial charge is 0.355 e. The Bertz CT molecular complexity index is 343. The molecule has 0 fully saturated rings. The molecule has 5 heteroatoms. The van der Waals surface area contributed by atoms with Crippen molar-refractivity contribution in [1.82, 2.24) is 10.3 Å². The van der Waals surface area contributed by atoms with E-state index in [4.69, 9.17) is 0 Å². The van der Waals surface area contributed by atoms with Gasteiger partial charge >= 0.3 is 0 Å². The van der Waals surface area contributed by atoms with Crippen LogP contribution in [0.5, 0.6) is 0 Å². The molecule has 1 atom stereocenters. The maximum absolute atomic E-state index is 10.8. The fourth-order valence-corrected chi connectivity index (χ4v) is 3.00. The number of carbonyl (C=O) groups excluding carboxylic acids is 1. The zero-order valence-corrected chi connectivity index (χ0v) is 10.7. The van der Waals surface area contributed by atoms with E-state index in [1.807, 2.05) is 24.3 Å². The number of hydrogen-bond acceptors (Lipinski definition) is 4. The highest BCUT2D eigenvalue weighted by Crippen LogP contribution is 2.33. The van der Waals surface area contributed by atoms with Gasteiger partial charge in [-0.05, 0) is 22.9 Å². The number of pyridine rings is 1. The number of nitrogens with zero attached hydrogens (tertiary/aromatic N) is 1. The molecule has 1 heterocycles. The molecule has 1 unspecified atom stereocenters. The van der Waals surface area contributed by atoms with Crippen molar-refractivity contribution in [3.63, 3.8) is 0 Å². The SMILES string of the molecule is C=CC(CNC(C)=O)SSc1ccccn1. The van der Waals surface area contributed by atoms with Gasteiger partial charge in [0.15, 0.2) is 0 Å². The average Bonchev–Trinajstić information content (AvgIpc) is 2.30. The first-order chi connectivity index (χ1) is 7.72. The van der Waals surface area contributed by atoms with Gasteiger partial charge in [-0.2, -0.15) is 0 Å². The van der Waals surface area contributed by atoms with Gasteiger partial charge in [0.2, 0.25) is 5.91 Å². The van der Waals surface area contributed by atoms with Crippen LogP contribution in [0, 0.1) is 0 Å². The summed E-state index contributed by atoms with van der Waals surface area (Å²) in [4.78, 5) is 15.0. The number of carbonyl (C=O) groups is 1. The highest BCUT2D eigenvalue weighted by Gasteiger charge is 2.07. The van der Waals surface area contributed by atoms with E-state index in [1.165, 1.54) is 6.92 Å². The smallest absolute Gasteiger partial charge is 0.216 e. The number of rotatable bonds is 6. The molecule has 0 aliphatic carbocycles. The standard InChI is InChI=1S/C11H14N2OS2/c1-3-10(8-13-9(2)14)15-16-11-6-4-5-7-12-11/h3-7,10H,1,8H2,2H3,(H,13,14). The Morgan fingerprint density at radius 2 is 2.50 bits per heavy atom. The summed E-state index contributed by atoms with van der Waals surface area (Å²) in [5, 5.41) is 3.92. The van der Waals surface area contributed by atoms with Crippen molar-refractivity contribution in [3.8, 4) is 0 Å². The first kappa shape index (κ1) is 13.1. The van der Waals surface area contributed by atoms with Gasteiger partial charge in [0.05, 0.1) is 5.25 Å². The summed E-state index contributed by atoms with van der Waals surface area (Å²) in [7, 11) is 3.23. The molecule has 0 bridgehead atoms. The molecule has 0 aliphatic rings. The van der Waals surface area contributed by atoms with Crippen molar-refractivity contribution in [2.75, 3.05) is 6.54 Å². The summed E-state index contributed by atoms with van der Waals surface area (Å²) >= 11 is 0. The number of nitrogens with one attached hydrogen (secondary N) is 1. The van der Waals surface area contributed by atoms with Crippen molar-refractivity contribution in [2.45, 2.75) is 17.2 Å². The Balaban J connectivity index is 2.34. The summed E-state index contributed by atoms with van der Waals surface area (Å²) in [5.74, 6) is -0.0183. The molecule has 0 spiro atoms. The van der Waals surface area contributed by atoms with Gasteiger partial charge in [0.25, 0.3) is 0 Å². The van der Waals surface area contributed by atoms with Crippen molar-refractivity contribution >= 4 is 27.5 Å². The van der Waals surface area contributed by atoms with E-state index in [0.717, 1.165) is 5.03 Å². The summed E-state index contributed by atoms with van der Waals surface area (Å²) in [5.41, 5.74) is 0. The normalized spacial score (nSPS) is 11.8. The van der Waals surface area contributed by atoms with Gasteiger partial charge in [-0.3, -0.25) is 4.79 Å². The van der Waals surface area contributed by atoms with Crippen molar-refractivity contribution in [1.29, 1.82) is 0 Å². The Kier molecular flexibility index (Phi) is 6.03. The monoisotopic (exact) mass is 254 g/mol. The Morgan fingerprint density at radius 3 is 3.06 bits per heavy atom. The molecule has 86 valence electrons. The maximum atomic E-state index is 10.8. The van der Waals surface area contributed by atoms with E-state index < -0.39 is 0 Å². The zero-order chi connectivity index (χ0) is 11.8. The third-order valence-electron chi connectivity index (χ3n) is 1.71. The van der Waals surface area contributed by atoms with Crippen LogP contribution in [0.15, 0.2) is 42.1 Å². The van der Waals surface area contributed by atoms with Crippen molar-refractivity contribution < 1.29 is 4.79 Å². The minimum absolute atomic E-state index is 0.0183. The van der Waals surface area contributed by atoms with Crippen molar-refractivity contribution in [3.05, 3.63) is 37.1 Å². The minimum Gasteiger partial charge on any atom is -0.355 e. The molecule has 0 radical (unpaired) electrons. The summed E-state index contributed by atoms with van der Waals surface area (Å²) < 4.78 is 0. The lowest BCUT2D eigenvalue weighted by atomic mass is 10.4. The van der Waals surface area contributed by atoms with Crippen LogP contribution in [-0.2, 0) is 4.79 Å². The topological polar surface area (TPSA) is 42.0 Å². The minimum atomic E-state index is -0.0183. The van der Waals surface area contributed by atoms with Crippen LogP contribution < -0.4 is 5.32 Å². The molecule has 3 nitrogen and oxygen atoms in total. The maximum Gasteiger partial charge on any atom is 0.216 e. The fraction of sp³-hybridized carbons (Fsp3) is 0.273. The molecule has 0 saturated heterocycles. The van der Waals surface area contributed by atoms with Crippen LogP contribution in [-0.4, -0.2) is 22.7 Å². The summed E-state index contributed by atoms with van der Waals surface area (Å²) in [6.07, 6.45) is 3.59. The lowest BCUT2D eigenvalue weighted by molar-refractivity contribution is -0.118. The number of hydrogen-bond donors (Lipinski definition) is 1. The molecule has 0 aromatic carbocycles. The first-order valence-corrected chi connectivity index (χ1v) is 7.05. The number of amides is 1. The average molecular weight is 254 g/mol. The van der Waals surface area contributed by atoms with Gasteiger partial charge in [0.1, 0.15) is 5.03 Å². The second-order valence-electron chi connectivity index (χ2n) is 3.06. The summed E-state index contributed by atoms with van der Waals surface area (Å²) in [6.45, 7) is 5.86. The lowest BCUT2D eigenvalue weighted by Gasteiger charge is -2.10. The van der Waals surface area contributed by atoms with E-state index in [9.17, 15) is 4.79 Å². The first-order valence-electron chi connectivity index (χ1n) is 4.83. The van der Waals surface area contributed by atoms with Crippen molar-refractivity contribution in [2.24, 2.45) is 0 Å². The molecular weight excluding hydrogens is 240 g/mol. The van der Waals surface area contributed by atoms with Crippen LogP contribution >= 0.6 is 21.6 Å². The second kappa shape index (κ2) is 7.35. The Hall–Kier alpha value is -0.940. The van der Waals surface area contributed by atoms with E-state index >= 15 is 0 Å². The van der Waals surface area contributed by atoms with E-state index in [0.29, 0.717) is 6.54 Å². The highest BCUT2D eigenvalue weighted by molar-refractivity contribution is 8.77. The van der Waals surface area contributed by atoms with Gasteiger partial charge in [0, 0.05) is 19.7 Å². The zero-order valence-electron chi connectivity index (χ0n) is 9.05. The highest BCUT2D eigenvalue weighted by atomic mass is 33.1. The lowest BCUT2D eigenvalue weighted by Crippen LogP contribution is -2.27. The van der Waals surface area contributed by atoms with Crippen LogP contribution in [0.2, 0.25) is 0 Å². The molecule has 1 amide bonds. The molecule has 1 N–H and O–H groups in total. The Morgan fingerprint density at radius 1 is 1.69 bits per heavy atom.